The summed E-state index contributed by atoms with van der Waals surface area (Å²) in [6, 6.07) is 36.6. The molecule has 0 saturated heterocycles. The van der Waals surface area contributed by atoms with E-state index in [1.54, 1.807) is 0 Å². The minimum absolute atomic E-state index is 0.514. The third-order valence-corrected chi connectivity index (χ3v) is 5.75. The fourth-order valence-corrected chi connectivity index (χ4v) is 4.11. The van der Waals surface area contributed by atoms with Gasteiger partial charge in [0.15, 0.2) is 0 Å². The van der Waals surface area contributed by atoms with E-state index in [9.17, 15) is 10.5 Å². The summed E-state index contributed by atoms with van der Waals surface area (Å²) in [6.45, 7) is 0. The molecule has 0 aliphatic heterocycles. The van der Waals surface area contributed by atoms with Crippen LogP contribution in [0.5, 0.6) is 0 Å². The zero-order chi connectivity index (χ0) is 22.6. The standard InChI is InChI=1S/C30H19N3/c31-19-25(17-23-11-5-9-21-7-1-3-13-27(21)23)29-15-16-30(33-29)26(20-32)18-24-12-6-10-22-8-2-4-14-28(22)24/h1-18,33H/b25-17-,26-18-. The highest BCUT2D eigenvalue weighted by molar-refractivity contribution is 6.00. The summed E-state index contributed by atoms with van der Waals surface area (Å²) in [7, 11) is 0. The Hall–Kier alpha value is -4.86. The molecule has 0 fully saturated rings. The van der Waals surface area contributed by atoms with Crippen molar-refractivity contribution in [3.63, 3.8) is 0 Å². The molecule has 154 valence electrons. The van der Waals surface area contributed by atoms with E-state index >= 15 is 0 Å². The number of nitrogens with zero attached hydrogens (tertiary/aromatic N) is 2. The van der Waals surface area contributed by atoms with Crippen molar-refractivity contribution in [3.05, 3.63) is 120 Å². The van der Waals surface area contributed by atoms with Crippen LogP contribution >= 0.6 is 0 Å². The zero-order valence-electron chi connectivity index (χ0n) is 17.8. The van der Waals surface area contributed by atoms with Crippen LogP contribution in [0, 0.1) is 22.7 Å². The normalized spacial score (nSPS) is 11.9. The van der Waals surface area contributed by atoms with Crippen LogP contribution in [-0.2, 0) is 0 Å². The molecule has 5 rings (SSSR count). The van der Waals surface area contributed by atoms with Gasteiger partial charge in [-0.2, -0.15) is 10.5 Å². The minimum atomic E-state index is 0.514. The Kier molecular flexibility index (Phi) is 5.30. The Balaban J connectivity index is 1.54. The van der Waals surface area contributed by atoms with Gasteiger partial charge in [0.1, 0.15) is 12.1 Å². The molecule has 0 atom stereocenters. The van der Waals surface area contributed by atoms with E-state index in [0.717, 1.165) is 32.7 Å². The van der Waals surface area contributed by atoms with Gasteiger partial charge < -0.3 is 4.98 Å². The first-order valence-corrected chi connectivity index (χ1v) is 10.7. The van der Waals surface area contributed by atoms with Gasteiger partial charge in [0.05, 0.1) is 22.5 Å². The Labute approximate surface area is 192 Å². The first-order valence-electron chi connectivity index (χ1n) is 10.7. The van der Waals surface area contributed by atoms with Crippen LogP contribution in [0.2, 0.25) is 0 Å². The summed E-state index contributed by atoms with van der Waals surface area (Å²) in [4.78, 5) is 3.27. The van der Waals surface area contributed by atoms with Crippen molar-refractivity contribution in [3.8, 4) is 12.1 Å². The van der Waals surface area contributed by atoms with Crippen molar-refractivity contribution in [2.24, 2.45) is 0 Å². The highest BCUT2D eigenvalue weighted by Crippen LogP contribution is 2.27. The molecule has 1 aromatic heterocycles. The van der Waals surface area contributed by atoms with Crippen molar-refractivity contribution in [2.75, 3.05) is 0 Å². The van der Waals surface area contributed by atoms with Crippen LogP contribution in [0.25, 0.3) is 44.8 Å². The molecule has 0 bridgehead atoms. The molecule has 0 unspecified atom stereocenters. The number of H-pyrrole nitrogens is 1. The van der Waals surface area contributed by atoms with Gasteiger partial charge in [0.25, 0.3) is 0 Å². The van der Waals surface area contributed by atoms with E-state index in [4.69, 9.17) is 0 Å². The lowest BCUT2D eigenvalue weighted by atomic mass is 10.0. The zero-order valence-corrected chi connectivity index (χ0v) is 17.8. The van der Waals surface area contributed by atoms with Crippen LogP contribution in [0.1, 0.15) is 22.5 Å². The topological polar surface area (TPSA) is 63.4 Å². The quantitative estimate of drug-likeness (QED) is 0.306. The van der Waals surface area contributed by atoms with Gasteiger partial charge in [0, 0.05) is 0 Å². The van der Waals surface area contributed by atoms with Gasteiger partial charge in [-0.15, -0.1) is 0 Å². The van der Waals surface area contributed by atoms with Crippen molar-refractivity contribution >= 4 is 44.8 Å². The number of hydrogen-bond donors (Lipinski definition) is 1. The third-order valence-electron chi connectivity index (χ3n) is 5.75. The second kappa shape index (κ2) is 8.71. The molecule has 1 N–H and O–H groups in total. The average molecular weight is 422 g/mol. The molecule has 1 heterocycles. The van der Waals surface area contributed by atoms with Crippen LogP contribution in [0.3, 0.4) is 0 Å². The summed E-state index contributed by atoms with van der Waals surface area (Å²) in [5.74, 6) is 0. The van der Waals surface area contributed by atoms with Crippen molar-refractivity contribution in [1.82, 2.24) is 4.98 Å². The van der Waals surface area contributed by atoms with Gasteiger partial charge in [-0.25, -0.2) is 0 Å². The molecule has 5 aromatic rings. The van der Waals surface area contributed by atoms with Crippen LogP contribution < -0.4 is 0 Å². The summed E-state index contributed by atoms with van der Waals surface area (Å²) in [6.07, 6.45) is 3.77. The number of fused-ring (bicyclic) bond motifs is 2. The average Bonchev–Trinajstić information content (AvgIpc) is 3.36. The predicted molar refractivity (Wildman–Crippen MR) is 136 cm³/mol. The van der Waals surface area contributed by atoms with Crippen molar-refractivity contribution < 1.29 is 0 Å². The molecule has 4 aromatic carbocycles. The lowest BCUT2D eigenvalue weighted by Crippen LogP contribution is -1.87. The number of benzene rings is 4. The molecule has 0 amide bonds. The summed E-state index contributed by atoms with van der Waals surface area (Å²) >= 11 is 0. The van der Waals surface area contributed by atoms with Gasteiger partial charge >= 0.3 is 0 Å². The maximum Gasteiger partial charge on any atom is 0.101 e. The largest absolute Gasteiger partial charge is 0.353 e. The molecule has 0 saturated carbocycles. The Morgan fingerprint density at radius 3 is 1.42 bits per heavy atom. The number of aromatic amines is 1. The Morgan fingerprint density at radius 2 is 0.970 bits per heavy atom. The second-order valence-corrected chi connectivity index (χ2v) is 7.76. The summed E-state index contributed by atoms with van der Waals surface area (Å²) in [5.41, 5.74) is 4.35. The molecule has 0 spiro atoms. The third kappa shape index (κ3) is 3.92. The smallest absolute Gasteiger partial charge is 0.101 e. The monoisotopic (exact) mass is 421 g/mol. The van der Waals surface area contributed by atoms with Crippen LogP contribution in [0.15, 0.2) is 97.1 Å². The number of rotatable bonds is 4. The first-order chi connectivity index (χ1) is 16.3. The molecule has 0 aliphatic carbocycles. The van der Waals surface area contributed by atoms with Gasteiger partial charge in [-0.1, -0.05) is 84.9 Å². The lowest BCUT2D eigenvalue weighted by molar-refractivity contribution is 1.32. The fourth-order valence-electron chi connectivity index (χ4n) is 4.11. The highest BCUT2D eigenvalue weighted by Gasteiger charge is 2.10. The molecular weight excluding hydrogens is 402 g/mol. The highest BCUT2D eigenvalue weighted by atomic mass is 14.7. The maximum absolute atomic E-state index is 9.85. The van der Waals surface area contributed by atoms with Crippen LogP contribution in [-0.4, -0.2) is 4.98 Å². The van der Waals surface area contributed by atoms with Gasteiger partial charge in [-0.05, 0) is 57.0 Å². The second-order valence-electron chi connectivity index (χ2n) is 7.76. The fraction of sp³-hybridized carbons (Fsp3) is 0. The number of nitrogens with one attached hydrogen (secondary N) is 1. The predicted octanol–water partition coefficient (Wildman–Crippen LogP) is 7.45. The number of nitriles is 2. The number of aromatic nitrogens is 1. The Morgan fingerprint density at radius 1 is 0.545 bits per heavy atom. The molecule has 0 radical (unpaired) electrons. The number of allylic oxidation sites excluding steroid dienone is 2. The molecule has 0 aliphatic rings. The van der Waals surface area contributed by atoms with E-state index in [-0.39, 0.29) is 0 Å². The summed E-state index contributed by atoms with van der Waals surface area (Å²) < 4.78 is 0. The van der Waals surface area contributed by atoms with Gasteiger partial charge in [-0.3, -0.25) is 0 Å². The van der Waals surface area contributed by atoms with E-state index in [2.05, 4.69) is 53.5 Å². The maximum atomic E-state index is 9.85. The summed E-state index contributed by atoms with van der Waals surface area (Å²) in [5, 5.41) is 24.1. The molecular formula is C30H19N3. The van der Waals surface area contributed by atoms with E-state index in [0.29, 0.717) is 22.5 Å². The van der Waals surface area contributed by atoms with E-state index < -0.39 is 0 Å². The molecule has 3 heteroatoms. The minimum Gasteiger partial charge on any atom is -0.353 e. The first kappa shape index (κ1) is 20.1. The SMILES string of the molecule is N#C/C(=C/c1cccc2ccccc12)c1ccc(/C(C#N)=C\c2cccc3ccccc23)[nH]1. The van der Waals surface area contributed by atoms with E-state index in [1.807, 2.05) is 72.8 Å². The molecule has 3 nitrogen and oxygen atoms in total. The van der Waals surface area contributed by atoms with Crippen molar-refractivity contribution in [2.45, 2.75) is 0 Å². The lowest BCUT2D eigenvalue weighted by Gasteiger charge is -2.04. The van der Waals surface area contributed by atoms with Crippen LogP contribution in [0.4, 0.5) is 0 Å². The Bertz CT molecular complexity index is 1500. The van der Waals surface area contributed by atoms with Gasteiger partial charge in [0.2, 0.25) is 0 Å². The van der Waals surface area contributed by atoms with E-state index in [1.165, 1.54) is 0 Å². The number of hydrogen-bond acceptors (Lipinski definition) is 2. The molecule has 33 heavy (non-hydrogen) atoms. The van der Waals surface area contributed by atoms with Crippen molar-refractivity contribution in [1.29, 1.82) is 10.5 Å².